The molecule has 2 saturated heterocycles. The fourth-order valence-corrected chi connectivity index (χ4v) is 6.31. The lowest BCUT2D eigenvalue weighted by molar-refractivity contribution is 0.176. The Kier molecular flexibility index (Phi) is 2.26. The maximum absolute atomic E-state index is 5.93. The van der Waals surface area contributed by atoms with Crippen LogP contribution >= 0.6 is 11.8 Å². The molecular formula is C15H24OS. The highest BCUT2D eigenvalue weighted by Gasteiger charge is 2.61. The average Bonchev–Trinajstić information content (AvgIpc) is 3.10. The van der Waals surface area contributed by atoms with Crippen molar-refractivity contribution in [2.75, 3.05) is 0 Å². The Morgan fingerprint density at radius 3 is 2.88 bits per heavy atom. The van der Waals surface area contributed by atoms with Gasteiger partial charge in [-0.3, -0.25) is 0 Å². The molecule has 4 aliphatic rings. The molecule has 0 spiro atoms. The fourth-order valence-electron chi connectivity index (χ4n) is 4.71. The van der Waals surface area contributed by atoms with Gasteiger partial charge in [-0.2, -0.15) is 0 Å². The van der Waals surface area contributed by atoms with E-state index < -0.39 is 0 Å². The van der Waals surface area contributed by atoms with Gasteiger partial charge in [0.25, 0.3) is 0 Å². The summed E-state index contributed by atoms with van der Waals surface area (Å²) in [6.45, 7) is 4.86. The predicted octanol–water partition coefficient (Wildman–Crippen LogP) is 4.01. The van der Waals surface area contributed by atoms with E-state index >= 15 is 0 Å². The molecule has 6 unspecified atom stereocenters. The summed E-state index contributed by atoms with van der Waals surface area (Å²) in [4.78, 5) is 0. The van der Waals surface area contributed by atoms with E-state index in [4.69, 9.17) is 4.74 Å². The van der Waals surface area contributed by atoms with E-state index in [-0.39, 0.29) is 5.60 Å². The van der Waals surface area contributed by atoms with Crippen LogP contribution in [-0.4, -0.2) is 21.7 Å². The molecule has 2 aliphatic carbocycles. The van der Waals surface area contributed by atoms with Gasteiger partial charge in [-0.25, -0.2) is 0 Å². The molecule has 17 heavy (non-hydrogen) atoms. The van der Waals surface area contributed by atoms with Crippen molar-refractivity contribution in [3.8, 4) is 0 Å². The standard InChI is InChI=1S/C15H24OS/c1-14-9-10(5-3-7-12(14)16-14)11-6-4-8-15(2)13(11)17-15/h10-13H,3-9H2,1-2H3. The number of thioether (sulfide) groups is 1. The first-order valence-corrected chi connectivity index (χ1v) is 8.34. The van der Waals surface area contributed by atoms with Crippen molar-refractivity contribution < 1.29 is 4.74 Å². The van der Waals surface area contributed by atoms with Crippen LogP contribution in [0.5, 0.6) is 0 Å². The van der Waals surface area contributed by atoms with Crippen LogP contribution in [0.3, 0.4) is 0 Å². The second-order valence-electron chi connectivity index (χ2n) is 7.22. The third-order valence-corrected chi connectivity index (χ3v) is 7.76. The highest BCUT2D eigenvalue weighted by molar-refractivity contribution is 8.08. The molecule has 0 aromatic heterocycles. The van der Waals surface area contributed by atoms with Crippen molar-refractivity contribution in [1.82, 2.24) is 0 Å². The van der Waals surface area contributed by atoms with Crippen molar-refractivity contribution in [2.45, 2.75) is 80.5 Å². The van der Waals surface area contributed by atoms with Crippen LogP contribution in [0.1, 0.15) is 58.8 Å². The van der Waals surface area contributed by atoms with Crippen molar-refractivity contribution in [3.63, 3.8) is 0 Å². The molecule has 2 heteroatoms. The van der Waals surface area contributed by atoms with Crippen molar-refractivity contribution in [1.29, 1.82) is 0 Å². The third-order valence-electron chi connectivity index (χ3n) is 5.89. The number of epoxide rings is 1. The van der Waals surface area contributed by atoms with Gasteiger partial charge in [-0.05, 0) is 57.8 Å². The smallest absolute Gasteiger partial charge is 0.0923 e. The Labute approximate surface area is 109 Å². The molecule has 0 radical (unpaired) electrons. The predicted molar refractivity (Wildman–Crippen MR) is 72.4 cm³/mol. The van der Waals surface area contributed by atoms with Gasteiger partial charge in [-0.1, -0.05) is 12.8 Å². The number of fused-ring (bicyclic) bond motifs is 2. The molecule has 0 aromatic carbocycles. The van der Waals surface area contributed by atoms with Crippen molar-refractivity contribution in [3.05, 3.63) is 0 Å². The average molecular weight is 252 g/mol. The molecule has 1 nitrogen and oxygen atoms in total. The van der Waals surface area contributed by atoms with Gasteiger partial charge in [0, 0.05) is 10.00 Å². The maximum atomic E-state index is 5.93. The van der Waals surface area contributed by atoms with Crippen LogP contribution in [0.2, 0.25) is 0 Å². The zero-order valence-corrected chi connectivity index (χ0v) is 11.9. The minimum absolute atomic E-state index is 0.286. The van der Waals surface area contributed by atoms with E-state index in [1.165, 1.54) is 44.9 Å². The monoisotopic (exact) mass is 252 g/mol. The molecule has 6 atom stereocenters. The second-order valence-corrected chi connectivity index (χ2v) is 8.90. The summed E-state index contributed by atoms with van der Waals surface area (Å²) >= 11 is 2.28. The van der Waals surface area contributed by atoms with Gasteiger partial charge in [0.05, 0.1) is 11.7 Å². The summed E-state index contributed by atoms with van der Waals surface area (Å²) in [5.74, 6) is 1.98. The molecule has 2 aliphatic heterocycles. The minimum atomic E-state index is 0.286. The van der Waals surface area contributed by atoms with E-state index in [9.17, 15) is 0 Å². The number of ether oxygens (including phenoxy) is 1. The van der Waals surface area contributed by atoms with Gasteiger partial charge in [0.1, 0.15) is 0 Å². The van der Waals surface area contributed by atoms with Crippen LogP contribution in [-0.2, 0) is 4.74 Å². The molecule has 0 N–H and O–H groups in total. The summed E-state index contributed by atoms with van der Waals surface area (Å²) in [6, 6.07) is 0. The largest absolute Gasteiger partial charge is 0.366 e. The fraction of sp³-hybridized carbons (Fsp3) is 1.00. The second kappa shape index (κ2) is 3.45. The van der Waals surface area contributed by atoms with Crippen LogP contribution in [0, 0.1) is 11.8 Å². The Morgan fingerprint density at radius 1 is 1.12 bits per heavy atom. The topological polar surface area (TPSA) is 12.5 Å². The molecule has 96 valence electrons. The molecule has 4 fully saturated rings. The zero-order chi connectivity index (χ0) is 11.7. The van der Waals surface area contributed by atoms with E-state index in [0.29, 0.717) is 10.9 Å². The Balaban J connectivity index is 1.50. The van der Waals surface area contributed by atoms with Gasteiger partial charge in [0.2, 0.25) is 0 Å². The first-order valence-electron chi connectivity index (χ1n) is 7.46. The summed E-state index contributed by atoms with van der Waals surface area (Å²) in [6.07, 6.45) is 10.6. The Hall–Kier alpha value is 0.310. The summed E-state index contributed by atoms with van der Waals surface area (Å²) in [7, 11) is 0. The number of hydrogen-bond donors (Lipinski definition) is 0. The van der Waals surface area contributed by atoms with Crippen LogP contribution in [0.15, 0.2) is 0 Å². The summed E-state index contributed by atoms with van der Waals surface area (Å²) in [5.41, 5.74) is 0.286. The normalized spacial score (nSPS) is 61.1. The first-order chi connectivity index (χ1) is 8.11. The van der Waals surface area contributed by atoms with Crippen LogP contribution < -0.4 is 0 Å². The molecule has 0 amide bonds. The Morgan fingerprint density at radius 2 is 2.00 bits per heavy atom. The number of hydrogen-bond acceptors (Lipinski definition) is 2. The minimum Gasteiger partial charge on any atom is -0.366 e. The third kappa shape index (κ3) is 1.70. The maximum Gasteiger partial charge on any atom is 0.0923 e. The molecule has 2 saturated carbocycles. The van der Waals surface area contributed by atoms with E-state index in [1.54, 1.807) is 0 Å². The summed E-state index contributed by atoms with van der Waals surface area (Å²) in [5, 5.41) is 1.00. The highest BCUT2D eigenvalue weighted by Crippen LogP contribution is 2.66. The van der Waals surface area contributed by atoms with Crippen molar-refractivity contribution in [2.24, 2.45) is 11.8 Å². The lowest BCUT2D eigenvalue weighted by Gasteiger charge is -2.32. The molecule has 0 aromatic rings. The van der Waals surface area contributed by atoms with Gasteiger partial charge in [-0.15, -0.1) is 11.8 Å². The van der Waals surface area contributed by atoms with Crippen molar-refractivity contribution >= 4 is 11.8 Å². The molecular weight excluding hydrogens is 228 g/mol. The SMILES string of the molecule is CC12CC(C3CCCC4(C)SC34)CCCC1O2. The lowest BCUT2D eigenvalue weighted by Crippen LogP contribution is -2.31. The van der Waals surface area contributed by atoms with E-state index in [0.717, 1.165) is 17.1 Å². The zero-order valence-electron chi connectivity index (χ0n) is 11.1. The summed E-state index contributed by atoms with van der Waals surface area (Å²) < 4.78 is 6.61. The van der Waals surface area contributed by atoms with E-state index in [1.807, 2.05) is 0 Å². The van der Waals surface area contributed by atoms with Gasteiger partial charge >= 0.3 is 0 Å². The first kappa shape index (κ1) is 11.2. The van der Waals surface area contributed by atoms with E-state index in [2.05, 4.69) is 25.6 Å². The number of rotatable bonds is 1. The molecule has 0 bridgehead atoms. The Bertz CT molecular complexity index is 344. The van der Waals surface area contributed by atoms with Crippen LogP contribution in [0.25, 0.3) is 0 Å². The lowest BCUT2D eigenvalue weighted by atomic mass is 9.72. The quantitative estimate of drug-likeness (QED) is 0.654. The highest BCUT2D eigenvalue weighted by atomic mass is 32.2. The van der Waals surface area contributed by atoms with Gasteiger partial charge < -0.3 is 4.74 Å². The van der Waals surface area contributed by atoms with Crippen LogP contribution in [0.4, 0.5) is 0 Å². The molecule has 2 heterocycles. The molecule has 4 rings (SSSR count). The van der Waals surface area contributed by atoms with Gasteiger partial charge in [0.15, 0.2) is 0 Å².